The molecule has 4 aromatic rings. The molecule has 0 aliphatic heterocycles. The van der Waals surface area contributed by atoms with Crippen molar-refractivity contribution in [1.29, 1.82) is 0 Å². The van der Waals surface area contributed by atoms with Crippen LogP contribution in [0.25, 0.3) is 16.8 Å². The van der Waals surface area contributed by atoms with Gasteiger partial charge in [-0.3, -0.25) is 4.79 Å². The number of rotatable bonds is 6. The number of methoxy groups -OCH3 is 2. The molecular formula is C25H23N3O3. The van der Waals surface area contributed by atoms with E-state index in [1.54, 1.807) is 25.1 Å². The fraction of sp³-hybridized carbons (Fsp3) is 0.120. The molecule has 156 valence electrons. The van der Waals surface area contributed by atoms with Crippen molar-refractivity contribution in [2.24, 2.45) is 0 Å². The van der Waals surface area contributed by atoms with Crippen LogP contribution >= 0.6 is 0 Å². The molecule has 1 aromatic heterocycles. The van der Waals surface area contributed by atoms with Crippen molar-refractivity contribution in [3.8, 4) is 28.3 Å². The zero-order valence-corrected chi connectivity index (χ0v) is 17.6. The van der Waals surface area contributed by atoms with Gasteiger partial charge in [0.1, 0.15) is 11.5 Å². The number of amides is 1. The van der Waals surface area contributed by atoms with E-state index in [1.165, 1.54) is 0 Å². The minimum atomic E-state index is -0.192. The van der Waals surface area contributed by atoms with Crippen LogP contribution in [0.2, 0.25) is 0 Å². The minimum absolute atomic E-state index is 0.192. The predicted molar refractivity (Wildman–Crippen MR) is 121 cm³/mol. The number of anilines is 1. The quantitative estimate of drug-likeness (QED) is 0.477. The third-order valence-corrected chi connectivity index (χ3v) is 5.11. The van der Waals surface area contributed by atoms with Gasteiger partial charge < -0.3 is 14.8 Å². The molecule has 1 heterocycles. The van der Waals surface area contributed by atoms with Crippen LogP contribution in [0.5, 0.6) is 11.5 Å². The Bertz CT molecular complexity index is 1200. The highest BCUT2D eigenvalue weighted by molar-refractivity contribution is 6.10. The van der Waals surface area contributed by atoms with Gasteiger partial charge in [-0.25, -0.2) is 4.68 Å². The van der Waals surface area contributed by atoms with Crippen molar-refractivity contribution in [2.75, 3.05) is 19.5 Å². The van der Waals surface area contributed by atoms with Crippen LogP contribution in [0.4, 0.5) is 5.69 Å². The molecule has 4 rings (SSSR count). The molecule has 0 atom stereocenters. The number of carbonyl (C=O) groups excluding carboxylic acids is 1. The van der Waals surface area contributed by atoms with Crippen LogP contribution in [0, 0.1) is 6.92 Å². The first-order valence-corrected chi connectivity index (χ1v) is 9.84. The van der Waals surface area contributed by atoms with E-state index < -0.39 is 0 Å². The van der Waals surface area contributed by atoms with Crippen LogP contribution in [0.15, 0.2) is 79.1 Å². The van der Waals surface area contributed by atoms with Crippen LogP contribution in [0.1, 0.15) is 15.9 Å². The van der Waals surface area contributed by atoms with Crippen molar-refractivity contribution in [3.63, 3.8) is 0 Å². The van der Waals surface area contributed by atoms with Crippen molar-refractivity contribution in [3.05, 3.63) is 90.3 Å². The fourth-order valence-electron chi connectivity index (χ4n) is 3.51. The Labute approximate surface area is 181 Å². The second-order valence-corrected chi connectivity index (χ2v) is 7.01. The largest absolute Gasteiger partial charge is 0.497 e. The van der Waals surface area contributed by atoms with E-state index in [4.69, 9.17) is 9.47 Å². The Morgan fingerprint density at radius 3 is 2.35 bits per heavy atom. The van der Waals surface area contributed by atoms with Crippen LogP contribution < -0.4 is 14.8 Å². The average Bonchev–Trinajstić information content (AvgIpc) is 3.34. The van der Waals surface area contributed by atoms with Gasteiger partial charge in [-0.15, -0.1) is 0 Å². The molecule has 1 amide bonds. The van der Waals surface area contributed by atoms with E-state index in [0.717, 1.165) is 28.1 Å². The summed E-state index contributed by atoms with van der Waals surface area (Å²) in [4.78, 5) is 13.4. The molecule has 0 bridgehead atoms. The number of ether oxygens (including phenoxy) is 2. The smallest absolute Gasteiger partial charge is 0.256 e. The van der Waals surface area contributed by atoms with Crippen molar-refractivity contribution in [2.45, 2.75) is 6.92 Å². The number of carbonyl (C=O) groups is 1. The van der Waals surface area contributed by atoms with Gasteiger partial charge in [0.25, 0.3) is 5.91 Å². The number of nitrogens with zero attached hydrogens (tertiary/aromatic N) is 2. The van der Waals surface area contributed by atoms with Crippen molar-refractivity contribution in [1.82, 2.24) is 9.78 Å². The molecular weight excluding hydrogens is 390 g/mol. The summed E-state index contributed by atoms with van der Waals surface area (Å²) in [7, 11) is 3.24. The molecule has 31 heavy (non-hydrogen) atoms. The minimum Gasteiger partial charge on any atom is -0.497 e. The van der Waals surface area contributed by atoms with E-state index >= 15 is 0 Å². The SMILES string of the molecule is COc1ccc(-c2cccc(C)c2C(=O)Nc2ccc(OC)cc2-n2cccn2)cc1. The van der Waals surface area contributed by atoms with E-state index in [1.807, 2.05) is 79.9 Å². The fourth-order valence-corrected chi connectivity index (χ4v) is 3.51. The lowest BCUT2D eigenvalue weighted by atomic mass is 9.95. The number of benzene rings is 3. The number of hydrogen-bond acceptors (Lipinski definition) is 4. The van der Waals surface area contributed by atoms with Gasteiger partial charge in [-0.2, -0.15) is 5.10 Å². The van der Waals surface area contributed by atoms with E-state index in [2.05, 4.69) is 10.4 Å². The lowest BCUT2D eigenvalue weighted by Crippen LogP contribution is -2.16. The van der Waals surface area contributed by atoms with Gasteiger partial charge >= 0.3 is 0 Å². The van der Waals surface area contributed by atoms with E-state index in [0.29, 0.717) is 17.0 Å². The highest BCUT2D eigenvalue weighted by Crippen LogP contribution is 2.30. The average molecular weight is 413 g/mol. The normalized spacial score (nSPS) is 10.5. The summed E-state index contributed by atoms with van der Waals surface area (Å²) in [6, 6.07) is 20.8. The third kappa shape index (κ3) is 4.14. The topological polar surface area (TPSA) is 65.4 Å². The van der Waals surface area contributed by atoms with Gasteiger partial charge in [0, 0.05) is 18.5 Å². The zero-order valence-electron chi connectivity index (χ0n) is 17.6. The van der Waals surface area contributed by atoms with E-state index in [-0.39, 0.29) is 5.91 Å². The van der Waals surface area contributed by atoms with Crippen molar-refractivity contribution < 1.29 is 14.3 Å². The maximum atomic E-state index is 13.4. The first kappa shape index (κ1) is 20.2. The third-order valence-electron chi connectivity index (χ3n) is 5.11. The molecule has 0 fully saturated rings. The highest BCUT2D eigenvalue weighted by Gasteiger charge is 2.18. The van der Waals surface area contributed by atoms with E-state index in [9.17, 15) is 4.79 Å². The number of hydrogen-bond donors (Lipinski definition) is 1. The van der Waals surface area contributed by atoms with Crippen LogP contribution in [0.3, 0.4) is 0 Å². The molecule has 1 N–H and O–H groups in total. The number of aromatic nitrogens is 2. The molecule has 0 unspecified atom stereocenters. The Morgan fingerprint density at radius 2 is 1.68 bits per heavy atom. The first-order chi connectivity index (χ1) is 15.1. The van der Waals surface area contributed by atoms with Crippen LogP contribution in [-0.4, -0.2) is 29.9 Å². The Hall–Kier alpha value is -4.06. The maximum absolute atomic E-state index is 13.4. The zero-order chi connectivity index (χ0) is 21.8. The molecule has 0 saturated heterocycles. The predicted octanol–water partition coefficient (Wildman–Crippen LogP) is 5.12. The monoisotopic (exact) mass is 413 g/mol. The van der Waals surface area contributed by atoms with Crippen molar-refractivity contribution >= 4 is 11.6 Å². The standard InChI is InChI=1S/C25H23N3O3/c1-17-6-4-7-21(18-8-10-19(30-2)11-9-18)24(17)25(29)27-22-13-12-20(31-3)16-23(22)28-15-5-14-26-28/h4-16H,1-3H3,(H,27,29). The highest BCUT2D eigenvalue weighted by atomic mass is 16.5. The summed E-state index contributed by atoms with van der Waals surface area (Å²) in [5.74, 6) is 1.25. The van der Waals surface area contributed by atoms with Gasteiger partial charge in [-0.05, 0) is 53.9 Å². The lowest BCUT2D eigenvalue weighted by molar-refractivity contribution is 0.102. The second-order valence-electron chi connectivity index (χ2n) is 7.01. The Kier molecular flexibility index (Phi) is 5.71. The molecule has 0 radical (unpaired) electrons. The Morgan fingerprint density at radius 1 is 0.935 bits per heavy atom. The summed E-state index contributed by atoms with van der Waals surface area (Å²) in [6.07, 6.45) is 3.51. The van der Waals surface area contributed by atoms with Gasteiger partial charge in [-0.1, -0.05) is 30.3 Å². The number of nitrogens with one attached hydrogen (secondary N) is 1. The number of aryl methyl sites for hydroxylation is 1. The summed E-state index contributed by atoms with van der Waals surface area (Å²) in [5, 5.41) is 7.36. The summed E-state index contributed by atoms with van der Waals surface area (Å²) < 4.78 is 12.3. The second kappa shape index (κ2) is 8.75. The molecule has 0 aliphatic carbocycles. The molecule has 0 saturated carbocycles. The molecule has 6 nitrogen and oxygen atoms in total. The van der Waals surface area contributed by atoms with Gasteiger partial charge in [0.2, 0.25) is 0 Å². The maximum Gasteiger partial charge on any atom is 0.256 e. The summed E-state index contributed by atoms with van der Waals surface area (Å²) >= 11 is 0. The lowest BCUT2D eigenvalue weighted by Gasteiger charge is -2.16. The molecule has 0 aliphatic rings. The molecule has 0 spiro atoms. The summed E-state index contributed by atoms with van der Waals surface area (Å²) in [6.45, 7) is 1.93. The summed E-state index contributed by atoms with van der Waals surface area (Å²) in [5.41, 5.74) is 4.66. The van der Waals surface area contributed by atoms with Gasteiger partial charge in [0.05, 0.1) is 31.2 Å². The molecule has 3 aromatic carbocycles. The molecule has 6 heteroatoms. The van der Waals surface area contributed by atoms with Gasteiger partial charge in [0.15, 0.2) is 0 Å². The Balaban J connectivity index is 1.73. The first-order valence-electron chi connectivity index (χ1n) is 9.84. The van der Waals surface area contributed by atoms with Crippen LogP contribution in [-0.2, 0) is 0 Å².